The Morgan fingerprint density at radius 3 is 2.78 bits per heavy atom. The Morgan fingerprint density at radius 2 is 2.17 bits per heavy atom. The molecule has 1 unspecified atom stereocenters. The Hall–Kier alpha value is -1.51. The third-order valence-corrected chi connectivity index (χ3v) is 3.56. The van der Waals surface area contributed by atoms with Crippen molar-refractivity contribution in [2.45, 2.75) is 38.5 Å². The number of ether oxygens (including phenoxy) is 1. The highest BCUT2D eigenvalue weighted by Crippen LogP contribution is 2.32. The van der Waals surface area contributed by atoms with Crippen LogP contribution in [-0.4, -0.2) is 19.6 Å². The zero-order chi connectivity index (χ0) is 13.1. The fourth-order valence-corrected chi connectivity index (χ4v) is 2.51. The van der Waals surface area contributed by atoms with Gasteiger partial charge in [0.1, 0.15) is 5.75 Å². The first-order valence-electron chi connectivity index (χ1n) is 6.59. The third-order valence-electron chi connectivity index (χ3n) is 3.56. The molecule has 0 bridgehead atoms. The van der Waals surface area contributed by atoms with Crippen molar-refractivity contribution in [3.8, 4) is 5.75 Å². The Kier molecular flexibility index (Phi) is 3.90. The number of hydrogen-bond donors (Lipinski definition) is 1. The van der Waals surface area contributed by atoms with Gasteiger partial charge in [0.05, 0.1) is 13.0 Å². The number of hydrogen-bond acceptors (Lipinski definition) is 2. The molecule has 3 heteroatoms. The van der Waals surface area contributed by atoms with Crippen molar-refractivity contribution in [2.75, 3.05) is 13.7 Å². The molecule has 0 aromatic heterocycles. The van der Waals surface area contributed by atoms with Crippen LogP contribution in [0.15, 0.2) is 18.2 Å². The van der Waals surface area contributed by atoms with Gasteiger partial charge in [-0.1, -0.05) is 26.0 Å². The van der Waals surface area contributed by atoms with Gasteiger partial charge in [0.15, 0.2) is 0 Å². The Labute approximate surface area is 109 Å². The highest BCUT2D eigenvalue weighted by Gasteiger charge is 2.24. The molecule has 1 aliphatic heterocycles. The van der Waals surface area contributed by atoms with Gasteiger partial charge >= 0.3 is 0 Å². The summed E-state index contributed by atoms with van der Waals surface area (Å²) < 4.78 is 5.38. The number of rotatable bonds is 3. The predicted octanol–water partition coefficient (Wildman–Crippen LogP) is 2.81. The summed E-state index contributed by atoms with van der Waals surface area (Å²) in [7, 11) is 1.69. The maximum Gasteiger partial charge on any atom is 0.227 e. The number of carbonyl (C=O) groups excluding carboxylic acids is 1. The average molecular weight is 247 g/mol. The average Bonchev–Trinajstić information content (AvgIpc) is 2.38. The van der Waals surface area contributed by atoms with E-state index in [9.17, 15) is 4.79 Å². The van der Waals surface area contributed by atoms with E-state index in [0.717, 1.165) is 30.7 Å². The first kappa shape index (κ1) is 12.9. The molecule has 1 atom stereocenters. The topological polar surface area (TPSA) is 38.3 Å². The number of benzene rings is 1. The lowest BCUT2D eigenvalue weighted by Gasteiger charge is -2.23. The molecule has 1 amide bonds. The van der Waals surface area contributed by atoms with Crippen LogP contribution in [0, 0.1) is 0 Å². The van der Waals surface area contributed by atoms with Crippen LogP contribution in [0.5, 0.6) is 5.75 Å². The monoisotopic (exact) mass is 247 g/mol. The molecule has 1 fully saturated rings. The van der Waals surface area contributed by atoms with E-state index in [1.807, 2.05) is 12.1 Å². The van der Waals surface area contributed by atoms with Gasteiger partial charge in [-0.2, -0.15) is 0 Å². The molecule has 1 heterocycles. The van der Waals surface area contributed by atoms with Crippen LogP contribution in [0.1, 0.15) is 49.7 Å². The number of amides is 1. The Morgan fingerprint density at radius 1 is 1.39 bits per heavy atom. The molecule has 1 aromatic rings. The molecule has 1 aliphatic rings. The normalized spacial score (nSPS) is 19.8. The number of methoxy groups -OCH3 is 1. The molecule has 0 saturated carbocycles. The molecule has 1 aromatic carbocycles. The van der Waals surface area contributed by atoms with Crippen molar-refractivity contribution in [3.05, 3.63) is 29.3 Å². The molecule has 3 nitrogen and oxygen atoms in total. The second kappa shape index (κ2) is 5.42. The van der Waals surface area contributed by atoms with Crippen molar-refractivity contribution in [3.63, 3.8) is 0 Å². The van der Waals surface area contributed by atoms with Crippen LogP contribution in [0.4, 0.5) is 0 Å². The van der Waals surface area contributed by atoms with E-state index >= 15 is 0 Å². The summed E-state index contributed by atoms with van der Waals surface area (Å²) in [4.78, 5) is 11.9. The van der Waals surface area contributed by atoms with Crippen molar-refractivity contribution in [1.29, 1.82) is 0 Å². The van der Waals surface area contributed by atoms with Crippen molar-refractivity contribution >= 4 is 5.91 Å². The van der Waals surface area contributed by atoms with Crippen LogP contribution < -0.4 is 10.1 Å². The lowest BCUT2D eigenvalue weighted by molar-refractivity contribution is -0.123. The van der Waals surface area contributed by atoms with Crippen molar-refractivity contribution in [2.24, 2.45) is 0 Å². The van der Waals surface area contributed by atoms with Crippen LogP contribution in [0.2, 0.25) is 0 Å². The van der Waals surface area contributed by atoms with Gasteiger partial charge in [-0.15, -0.1) is 0 Å². The van der Waals surface area contributed by atoms with Crippen LogP contribution >= 0.6 is 0 Å². The standard InChI is InChI=1S/C15H21NO2/c1-10(2)13-9-11(6-7-14(13)18-3)12-5-4-8-16-15(12)17/h6-7,9-10,12H,4-5,8H2,1-3H3,(H,16,17). The van der Waals surface area contributed by atoms with E-state index in [1.165, 1.54) is 5.56 Å². The van der Waals surface area contributed by atoms with Gasteiger partial charge in [-0.05, 0) is 36.0 Å². The Bertz CT molecular complexity index is 440. The number of piperidine rings is 1. The van der Waals surface area contributed by atoms with Crippen LogP contribution in [-0.2, 0) is 4.79 Å². The fourth-order valence-electron chi connectivity index (χ4n) is 2.51. The minimum absolute atomic E-state index is 0.00200. The molecule has 18 heavy (non-hydrogen) atoms. The third kappa shape index (κ3) is 2.50. The van der Waals surface area contributed by atoms with E-state index in [0.29, 0.717) is 5.92 Å². The zero-order valence-electron chi connectivity index (χ0n) is 11.3. The maximum atomic E-state index is 11.9. The molecule has 1 N–H and O–H groups in total. The smallest absolute Gasteiger partial charge is 0.227 e. The summed E-state index contributed by atoms with van der Waals surface area (Å²) in [5.41, 5.74) is 2.28. The first-order chi connectivity index (χ1) is 8.63. The van der Waals surface area contributed by atoms with E-state index in [1.54, 1.807) is 7.11 Å². The van der Waals surface area contributed by atoms with E-state index in [-0.39, 0.29) is 11.8 Å². The van der Waals surface area contributed by atoms with Crippen molar-refractivity contribution < 1.29 is 9.53 Å². The van der Waals surface area contributed by atoms with Gasteiger partial charge < -0.3 is 10.1 Å². The maximum absolute atomic E-state index is 11.9. The predicted molar refractivity (Wildman–Crippen MR) is 72.1 cm³/mol. The van der Waals surface area contributed by atoms with Gasteiger partial charge in [0.25, 0.3) is 0 Å². The Balaban J connectivity index is 2.33. The van der Waals surface area contributed by atoms with Crippen LogP contribution in [0.3, 0.4) is 0 Å². The van der Waals surface area contributed by atoms with Crippen LogP contribution in [0.25, 0.3) is 0 Å². The second-order valence-corrected chi connectivity index (χ2v) is 5.14. The molecular formula is C15H21NO2. The van der Waals surface area contributed by atoms with Gasteiger partial charge in [0, 0.05) is 6.54 Å². The van der Waals surface area contributed by atoms with E-state index in [4.69, 9.17) is 4.74 Å². The molecule has 98 valence electrons. The summed E-state index contributed by atoms with van der Waals surface area (Å²) in [5.74, 6) is 1.46. The number of nitrogens with one attached hydrogen (secondary N) is 1. The molecule has 1 saturated heterocycles. The summed E-state index contributed by atoms with van der Waals surface area (Å²) in [6.07, 6.45) is 2.00. The summed E-state index contributed by atoms with van der Waals surface area (Å²) >= 11 is 0. The van der Waals surface area contributed by atoms with E-state index < -0.39 is 0 Å². The van der Waals surface area contributed by atoms with Gasteiger partial charge in [-0.25, -0.2) is 0 Å². The number of carbonyl (C=O) groups is 1. The summed E-state index contributed by atoms with van der Waals surface area (Å²) in [5, 5.41) is 2.94. The molecule has 0 radical (unpaired) electrons. The molecular weight excluding hydrogens is 226 g/mol. The quantitative estimate of drug-likeness (QED) is 0.892. The second-order valence-electron chi connectivity index (χ2n) is 5.14. The SMILES string of the molecule is COc1ccc(C2CCCNC2=O)cc1C(C)C. The zero-order valence-corrected chi connectivity index (χ0v) is 11.3. The summed E-state index contributed by atoms with van der Waals surface area (Å²) in [6, 6.07) is 6.12. The first-order valence-corrected chi connectivity index (χ1v) is 6.59. The lowest BCUT2D eigenvalue weighted by atomic mass is 9.88. The van der Waals surface area contributed by atoms with Gasteiger partial charge in [0.2, 0.25) is 5.91 Å². The van der Waals surface area contributed by atoms with Gasteiger partial charge in [-0.3, -0.25) is 4.79 Å². The fraction of sp³-hybridized carbons (Fsp3) is 0.533. The highest BCUT2D eigenvalue weighted by molar-refractivity contribution is 5.84. The molecule has 0 spiro atoms. The lowest BCUT2D eigenvalue weighted by Crippen LogP contribution is -2.35. The largest absolute Gasteiger partial charge is 0.496 e. The summed E-state index contributed by atoms with van der Waals surface area (Å²) in [6.45, 7) is 5.09. The highest BCUT2D eigenvalue weighted by atomic mass is 16.5. The molecule has 0 aliphatic carbocycles. The minimum Gasteiger partial charge on any atom is -0.496 e. The van der Waals surface area contributed by atoms with Crippen molar-refractivity contribution in [1.82, 2.24) is 5.32 Å². The van der Waals surface area contributed by atoms with E-state index in [2.05, 4.69) is 25.2 Å². The minimum atomic E-state index is 0.00200. The molecule has 2 rings (SSSR count).